The van der Waals surface area contributed by atoms with E-state index in [0.717, 1.165) is 17.9 Å². The standard InChI is InChI=1S/C22H35NO2/c1-18-10-8-9-15-22(18)25-17-21(24)16-23(19-11-4-2-5-12-19)20-13-6-3-7-14-20/h8-10,15,19-21,24H,2-7,11-14,16-17H2,1H3. The molecule has 2 aliphatic rings. The van der Waals surface area contributed by atoms with E-state index < -0.39 is 6.10 Å². The van der Waals surface area contributed by atoms with Gasteiger partial charge in [-0.25, -0.2) is 0 Å². The highest BCUT2D eigenvalue weighted by Crippen LogP contribution is 2.30. The largest absolute Gasteiger partial charge is 0.491 e. The number of para-hydroxylation sites is 1. The number of aryl methyl sites for hydroxylation is 1. The predicted octanol–water partition coefficient (Wildman–Crippen LogP) is 4.70. The third-order valence-electron chi connectivity index (χ3n) is 6.03. The molecule has 2 saturated carbocycles. The molecule has 0 saturated heterocycles. The molecule has 1 aromatic carbocycles. The zero-order chi connectivity index (χ0) is 17.5. The van der Waals surface area contributed by atoms with E-state index in [1.165, 1.54) is 64.2 Å². The van der Waals surface area contributed by atoms with Crippen molar-refractivity contribution in [3.63, 3.8) is 0 Å². The maximum Gasteiger partial charge on any atom is 0.122 e. The molecule has 0 bridgehead atoms. The highest BCUT2D eigenvalue weighted by atomic mass is 16.5. The van der Waals surface area contributed by atoms with E-state index in [0.29, 0.717) is 18.7 Å². The summed E-state index contributed by atoms with van der Waals surface area (Å²) in [6.45, 7) is 3.21. The number of benzene rings is 1. The van der Waals surface area contributed by atoms with E-state index >= 15 is 0 Å². The zero-order valence-electron chi connectivity index (χ0n) is 15.8. The second-order valence-corrected chi connectivity index (χ2v) is 8.01. The average Bonchev–Trinajstić information content (AvgIpc) is 2.67. The summed E-state index contributed by atoms with van der Waals surface area (Å²) in [5, 5.41) is 10.7. The van der Waals surface area contributed by atoms with Crippen LogP contribution in [0.3, 0.4) is 0 Å². The number of ether oxygens (including phenoxy) is 1. The number of hydrogen-bond donors (Lipinski definition) is 1. The van der Waals surface area contributed by atoms with E-state index in [-0.39, 0.29) is 0 Å². The molecule has 1 unspecified atom stereocenters. The monoisotopic (exact) mass is 345 g/mol. The lowest BCUT2D eigenvalue weighted by Crippen LogP contribution is -2.49. The van der Waals surface area contributed by atoms with Crippen LogP contribution in [-0.2, 0) is 0 Å². The van der Waals surface area contributed by atoms with Crippen molar-refractivity contribution in [2.24, 2.45) is 0 Å². The minimum atomic E-state index is -0.413. The van der Waals surface area contributed by atoms with Crippen LogP contribution in [0.25, 0.3) is 0 Å². The maximum atomic E-state index is 10.7. The van der Waals surface area contributed by atoms with Crippen molar-refractivity contribution in [3.8, 4) is 5.75 Å². The SMILES string of the molecule is Cc1ccccc1OCC(O)CN(C1CCCCC1)C1CCCCC1. The Morgan fingerprint density at radius 2 is 1.52 bits per heavy atom. The third kappa shape index (κ3) is 5.46. The lowest BCUT2D eigenvalue weighted by molar-refractivity contribution is 0.0117. The summed E-state index contributed by atoms with van der Waals surface area (Å²) in [7, 11) is 0. The highest BCUT2D eigenvalue weighted by molar-refractivity contribution is 5.31. The van der Waals surface area contributed by atoms with E-state index in [1.54, 1.807) is 0 Å². The van der Waals surface area contributed by atoms with Crippen LogP contribution in [0.4, 0.5) is 0 Å². The maximum absolute atomic E-state index is 10.7. The molecule has 140 valence electrons. The van der Waals surface area contributed by atoms with Crippen molar-refractivity contribution >= 4 is 0 Å². The lowest BCUT2D eigenvalue weighted by Gasteiger charge is -2.42. The minimum absolute atomic E-state index is 0.390. The number of nitrogens with zero attached hydrogens (tertiary/aromatic N) is 1. The summed E-state index contributed by atoms with van der Waals surface area (Å²) in [6.07, 6.45) is 13.0. The average molecular weight is 346 g/mol. The molecule has 3 heteroatoms. The van der Waals surface area contributed by atoms with Gasteiger partial charge in [-0.2, -0.15) is 0 Å². The Bertz CT molecular complexity index is 489. The van der Waals surface area contributed by atoms with Crippen molar-refractivity contribution in [1.82, 2.24) is 4.90 Å². The molecule has 0 amide bonds. The van der Waals surface area contributed by atoms with E-state index in [2.05, 4.69) is 17.9 Å². The van der Waals surface area contributed by atoms with Gasteiger partial charge in [0.1, 0.15) is 18.5 Å². The van der Waals surface area contributed by atoms with Gasteiger partial charge in [0, 0.05) is 18.6 Å². The molecular formula is C22H35NO2. The van der Waals surface area contributed by atoms with E-state index in [1.807, 2.05) is 18.2 Å². The molecule has 3 nitrogen and oxygen atoms in total. The van der Waals surface area contributed by atoms with Gasteiger partial charge in [-0.3, -0.25) is 4.90 Å². The van der Waals surface area contributed by atoms with Crippen LogP contribution in [-0.4, -0.2) is 41.3 Å². The van der Waals surface area contributed by atoms with Gasteiger partial charge in [-0.15, -0.1) is 0 Å². The van der Waals surface area contributed by atoms with E-state index in [9.17, 15) is 5.11 Å². The van der Waals surface area contributed by atoms with Gasteiger partial charge in [0.05, 0.1) is 0 Å². The first-order valence-corrected chi connectivity index (χ1v) is 10.4. The molecular weight excluding hydrogens is 310 g/mol. The fraction of sp³-hybridized carbons (Fsp3) is 0.727. The van der Waals surface area contributed by atoms with Crippen LogP contribution in [0.5, 0.6) is 5.75 Å². The van der Waals surface area contributed by atoms with Crippen molar-refractivity contribution in [1.29, 1.82) is 0 Å². The third-order valence-corrected chi connectivity index (χ3v) is 6.03. The first kappa shape index (κ1) is 18.7. The van der Waals surface area contributed by atoms with Crippen molar-refractivity contribution in [3.05, 3.63) is 29.8 Å². The summed E-state index contributed by atoms with van der Waals surface area (Å²) in [5.74, 6) is 0.892. The summed E-state index contributed by atoms with van der Waals surface area (Å²) < 4.78 is 5.90. The van der Waals surface area contributed by atoms with Crippen molar-refractivity contribution in [2.45, 2.75) is 89.3 Å². The van der Waals surface area contributed by atoms with Gasteiger partial charge < -0.3 is 9.84 Å². The molecule has 3 rings (SSSR count). The predicted molar refractivity (Wildman–Crippen MR) is 103 cm³/mol. The Kier molecular flexibility index (Phi) is 7.18. The van der Waals surface area contributed by atoms with Gasteiger partial charge in [0.15, 0.2) is 0 Å². The highest BCUT2D eigenvalue weighted by Gasteiger charge is 2.30. The summed E-state index contributed by atoms with van der Waals surface area (Å²) in [6, 6.07) is 9.40. The topological polar surface area (TPSA) is 32.7 Å². The van der Waals surface area contributed by atoms with Crippen LogP contribution < -0.4 is 4.74 Å². The fourth-order valence-corrected chi connectivity index (χ4v) is 4.62. The van der Waals surface area contributed by atoms with Gasteiger partial charge in [-0.05, 0) is 44.2 Å². The molecule has 2 fully saturated rings. The Labute approximate surface area is 153 Å². The molecule has 0 radical (unpaired) electrons. The molecule has 25 heavy (non-hydrogen) atoms. The summed E-state index contributed by atoms with van der Waals surface area (Å²) in [5.41, 5.74) is 1.13. The quantitative estimate of drug-likeness (QED) is 0.777. The molecule has 0 aliphatic heterocycles. The lowest BCUT2D eigenvalue weighted by atomic mass is 9.88. The first-order valence-electron chi connectivity index (χ1n) is 10.4. The van der Waals surface area contributed by atoms with Crippen LogP contribution >= 0.6 is 0 Å². The van der Waals surface area contributed by atoms with Crippen molar-refractivity contribution < 1.29 is 9.84 Å². The fourth-order valence-electron chi connectivity index (χ4n) is 4.62. The molecule has 0 spiro atoms. The first-order chi connectivity index (χ1) is 12.2. The van der Waals surface area contributed by atoms with Crippen LogP contribution in [0.2, 0.25) is 0 Å². The molecule has 1 atom stereocenters. The zero-order valence-corrected chi connectivity index (χ0v) is 15.8. The van der Waals surface area contributed by atoms with Crippen molar-refractivity contribution in [2.75, 3.05) is 13.2 Å². The molecule has 1 aromatic rings. The van der Waals surface area contributed by atoms with Gasteiger partial charge in [0.2, 0.25) is 0 Å². The van der Waals surface area contributed by atoms with E-state index in [4.69, 9.17) is 4.74 Å². The van der Waals surface area contributed by atoms with Crippen LogP contribution in [0, 0.1) is 6.92 Å². The molecule has 0 aromatic heterocycles. The van der Waals surface area contributed by atoms with Gasteiger partial charge in [0.25, 0.3) is 0 Å². The molecule has 0 heterocycles. The second-order valence-electron chi connectivity index (χ2n) is 8.01. The summed E-state index contributed by atoms with van der Waals surface area (Å²) in [4.78, 5) is 2.66. The minimum Gasteiger partial charge on any atom is -0.491 e. The van der Waals surface area contributed by atoms with Gasteiger partial charge >= 0.3 is 0 Å². The smallest absolute Gasteiger partial charge is 0.122 e. The number of aliphatic hydroxyl groups excluding tert-OH is 1. The number of hydrogen-bond acceptors (Lipinski definition) is 3. The van der Waals surface area contributed by atoms with Crippen LogP contribution in [0.15, 0.2) is 24.3 Å². The normalized spacial score (nSPS) is 21.4. The number of aliphatic hydroxyl groups is 1. The molecule has 1 N–H and O–H groups in total. The summed E-state index contributed by atoms with van der Waals surface area (Å²) >= 11 is 0. The number of rotatable bonds is 7. The Hall–Kier alpha value is -1.06. The Morgan fingerprint density at radius 3 is 2.08 bits per heavy atom. The van der Waals surface area contributed by atoms with Gasteiger partial charge in [-0.1, -0.05) is 56.7 Å². The molecule has 2 aliphatic carbocycles. The second kappa shape index (κ2) is 9.59. The Balaban J connectivity index is 1.57. The van der Waals surface area contributed by atoms with Crippen LogP contribution in [0.1, 0.15) is 69.8 Å². The Morgan fingerprint density at radius 1 is 0.960 bits per heavy atom.